The van der Waals surface area contributed by atoms with Crippen molar-refractivity contribution < 1.29 is 14.3 Å². The molecule has 0 saturated carbocycles. The Morgan fingerprint density at radius 1 is 1.33 bits per heavy atom. The normalized spacial score (nSPS) is 9.47. The molecule has 1 aromatic rings. The molecule has 0 aliphatic carbocycles. The molecule has 0 heterocycles. The lowest BCUT2D eigenvalue weighted by molar-refractivity contribution is -0.128. The fourth-order valence-electron chi connectivity index (χ4n) is 1.01. The summed E-state index contributed by atoms with van der Waals surface area (Å²) >= 11 is 0. The van der Waals surface area contributed by atoms with E-state index in [9.17, 15) is 4.79 Å². The summed E-state index contributed by atoms with van der Waals surface area (Å²) in [6, 6.07) is 8.10. The number of hydrogen-bond acceptors (Lipinski definition) is 4. The average molecular weight is 205 g/mol. The number of hydrogen-bond donors (Lipinski definition) is 0. The highest BCUT2D eigenvalue weighted by Crippen LogP contribution is 2.27. The van der Waals surface area contributed by atoms with E-state index in [0.29, 0.717) is 5.75 Å². The van der Waals surface area contributed by atoms with Gasteiger partial charge in [-0.1, -0.05) is 12.1 Å². The van der Waals surface area contributed by atoms with E-state index in [1.807, 2.05) is 13.8 Å². The van der Waals surface area contributed by atoms with Crippen LogP contribution in [0.2, 0.25) is 0 Å². The van der Waals surface area contributed by atoms with Crippen LogP contribution in [0.15, 0.2) is 24.3 Å². The van der Waals surface area contributed by atoms with Crippen LogP contribution in [0.5, 0.6) is 11.5 Å². The third-order valence-corrected chi connectivity index (χ3v) is 1.51. The summed E-state index contributed by atoms with van der Waals surface area (Å²) in [6.45, 7) is 3.73. The first-order chi connectivity index (χ1) is 7.13. The summed E-state index contributed by atoms with van der Waals surface area (Å²) in [4.78, 5) is 10.8. The van der Waals surface area contributed by atoms with Gasteiger partial charge in [-0.05, 0) is 26.0 Å². The van der Waals surface area contributed by atoms with E-state index < -0.39 is 5.97 Å². The first kappa shape index (κ1) is 11.1. The molecule has 0 N–H and O–H groups in total. The van der Waals surface area contributed by atoms with Crippen LogP contribution in [-0.2, 0) is 4.79 Å². The summed E-state index contributed by atoms with van der Waals surface area (Å²) in [6.07, 6.45) is -0.0214. The number of carbonyl (C=O) groups is 1. The van der Waals surface area contributed by atoms with Crippen molar-refractivity contribution >= 4 is 5.97 Å². The lowest BCUT2D eigenvalue weighted by Gasteiger charge is -2.12. The maximum Gasteiger partial charge on any atom is 0.416 e. The maximum absolute atomic E-state index is 10.8. The first-order valence-electron chi connectivity index (χ1n) is 4.51. The van der Waals surface area contributed by atoms with Crippen molar-refractivity contribution in [2.24, 2.45) is 0 Å². The van der Waals surface area contributed by atoms with Crippen molar-refractivity contribution in [3.05, 3.63) is 24.3 Å². The van der Waals surface area contributed by atoms with Gasteiger partial charge in [0.05, 0.1) is 6.10 Å². The van der Waals surface area contributed by atoms with E-state index in [1.165, 1.54) is 6.07 Å². The highest BCUT2D eigenvalue weighted by Gasteiger charge is 2.09. The Labute approximate surface area is 88.0 Å². The minimum Gasteiger partial charge on any atom is -0.487 e. The second kappa shape index (κ2) is 5.01. The molecule has 0 bridgehead atoms. The number of benzene rings is 1. The third kappa shape index (κ3) is 3.31. The molecule has 1 rings (SSSR count). The molecule has 0 aromatic heterocycles. The van der Waals surface area contributed by atoms with Gasteiger partial charge in [0, 0.05) is 0 Å². The molecule has 1 aromatic carbocycles. The molecule has 4 heteroatoms. The molecule has 15 heavy (non-hydrogen) atoms. The predicted molar refractivity (Wildman–Crippen MR) is 53.5 cm³/mol. The van der Waals surface area contributed by atoms with E-state index >= 15 is 0 Å². The molecule has 0 fully saturated rings. The molecule has 4 nitrogen and oxygen atoms in total. The number of ether oxygens (including phenoxy) is 2. The van der Waals surface area contributed by atoms with E-state index in [4.69, 9.17) is 14.7 Å². The molecular weight excluding hydrogens is 194 g/mol. The summed E-state index contributed by atoms with van der Waals surface area (Å²) in [5, 5.41) is 8.30. The lowest BCUT2D eigenvalue weighted by atomic mass is 10.3. The molecule has 0 spiro atoms. The zero-order valence-corrected chi connectivity index (χ0v) is 8.56. The Hall–Kier alpha value is -2.02. The van der Waals surface area contributed by atoms with E-state index in [1.54, 1.807) is 24.3 Å². The van der Waals surface area contributed by atoms with Gasteiger partial charge in [0.1, 0.15) is 0 Å². The van der Waals surface area contributed by atoms with Crippen LogP contribution in [-0.4, -0.2) is 12.1 Å². The second-order valence-electron chi connectivity index (χ2n) is 3.11. The standard InChI is InChI=1S/C11H11NO3/c1-8(2)14-9-5-3-4-6-10(9)15-11(13)7-12/h3-6,8H,1-2H3. The van der Waals surface area contributed by atoms with Crippen molar-refractivity contribution in [2.75, 3.05) is 0 Å². The van der Waals surface area contributed by atoms with Gasteiger partial charge in [-0.3, -0.25) is 0 Å². The Morgan fingerprint density at radius 3 is 2.47 bits per heavy atom. The van der Waals surface area contributed by atoms with E-state index in [0.717, 1.165) is 0 Å². The number of rotatable bonds is 3. The minimum atomic E-state index is -0.949. The zero-order chi connectivity index (χ0) is 11.3. The summed E-state index contributed by atoms with van der Waals surface area (Å²) in [5.41, 5.74) is 0. The smallest absolute Gasteiger partial charge is 0.416 e. The Morgan fingerprint density at radius 2 is 1.93 bits per heavy atom. The number of para-hydroxylation sites is 2. The SMILES string of the molecule is CC(C)Oc1ccccc1OC(=O)C#N. The van der Waals surface area contributed by atoms with Crippen LogP contribution >= 0.6 is 0 Å². The minimum absolute atomic E-state index is 0.0214. The highest BCUT2D eigenvalue weighted by molar-refractivity contribution is 5.88. The fourth-order valence-corrected chi connectivity index (χ4v) is 1.01. The van der Waals surface area contributed by atoms with Crippen LogP contribution in [0.3, 0.4) is 0 Å². The van der Waals surface area contributed by atoms with Crippen LogP contribution in [0.1, 0.15) is 13.8 Å². The quantitative estimate of drug-likeness (QED) is 0.429. The molecule has 0 aliphatic rings. The van der Waals surface area contributed by atoms with Crippen molar-refractivity contribution in [3.8, 4) is 17.6 Å². The molecule has 0 amide bonds. The van der Waals surface area contributed by atoms with Gasteiger partial charge in [0.25, 0.3) is 0 Å². The van der Waals surface area contributed by atoms with Crippen LogP contribution in [0.4, 0.5) is 0 Å². The molecule has 0 aliphatic heterocycles. The van der Waals surface area contributed by atoms with E-state index in [2.05, 4.69) is 0 Å². The van der Waals surface area contributed by atoms with Gasteiger partial charge in [-0.2, -0.15) is 5.26 Å². The van der Waals surface area contributed by atoms with Crippen molar-refractivity contribution in [3.63, 3.8) is 0 Å². The van der Waals surface area contributed by atoms with Crippen LogP contribution in [0, 0.1) is 11.3 Å². The Bertz CT molecular complexity index is 393. The largest absolute Gasteiger partial charge is 0.487 e. The Balaban J connectivity index is 2.87. The number of nitriles is 1. The monoisotopic (exact) mass is 205 g/mol. The number of carbonyl (C=O) groups excluding carboxylic acids is 1. The highest BCUT2D eigenvalue weighted by atomic mass is 16.6. The van der Waals surface area contributed by atoms with Crippen molar-refractivity contribution in [2.45, 2.75) is 20.0 Å². The summed E-state index contributed by atoms with van der Waals surface area (Å²) in [7, 11) is 0. The number of esters is 1. The van der Waals surface area contributed by atoms with Gasteiger partial charge in [-0.25, -0.2) is 4.79 Å². The van der Waals surface area contributed by atoms with Gasteiger partial charge < -0.3 is 9.47 Å². The number of nitrogens with zero attached hydrogens (tertiary/aromatic N) is 1. The van der Waals surface area contributed by atoms with Gasteiger partial charge >= 0.3 is 5.97 Å². The second-order valence-corrected chi connectivity index (χ2v) is 3.11. The zero-order valence-electron chi connectivity index (χ0n) is 8.56. The molecule has 0 radical (unpaired) electrons. The maximum atomic E-state index is 10.8. The van der Waals surface area contributed by atoms with Gasteiger partial charge in [-0.15, -0.1) is 0 Å². The van der Waals surface area contributed by atoms with Crippen molar-refractivity contribution in [1.29, 1.82) is 5.26 Å². The summed E-state index contributed by atoms with van der Waals surface area (Å²) in [5.74, 6) is -0.233. The van der Waals surface area contributed by atoms with Crippen LogP contribution < -0.4 is 9.47 Å². The molecular formula is C11H11NO3. The van der Waals surface area contributed by atoms with E-state index in [-0.39, 0.29) is 11.9 Å². The molecule has 78 valence electrons. The average Bonchev–Trinajstić information content (AvgIpc) is 2.20. The molecule has 0 atom stereocenters. The summed E-state index contributed by atoms with van der Waals surface area (Å²) < 4.78 is 10.2. The molecule has 0 saturated heterocycles. The third-order valence-electron chi connectivity index (χ3n) is 1.51. The molecule has 0 unspecified atom stereocenters. The van der Waals surface area contributed by atoms with Gasteiger partial charge in [0.15, 0.2) is 17.6 Å². The topological polar surface area (TPSA) is 59.3 Å². The lowest BCUT2D eigenvalue weighted by Crippen LogP contribution is -2.09. The first-order valence-corrected chi connectivity index (χ1v) is 4.51. The Kier molecular flexibility index (Phi) is 3.69. The van der Waals surface area contributed by atoms with Gasteiger partial charge in [0.2, 0.25) is 0 Å². The van der Waals surface area contributed by atoms with Crippen LogP contribution in [0.25, 0.3) is 0 Å². The van der Waals surface area contributed by atoms with Crippen molar-refractivity contribution in [1.82, 2.24) is 0 Å². The predicted octanol–water partition coefficient (Wildman–Crippen LogP) is 1.90. The fraction of sp³-hybridized carbons (Fsp3) is 0.273.